The van der Waals surface area contributed by atoms with Gasteiger partial charge in [-0.3, -0.25) is 29.2 Å². The van der Waals surface area contributed by atoms with Crippen LogP contribution in [-0.4, -0.2) is 89.0 Å². The smallest absolute Gasteiger partial charge is 0.326 e. The normalized spacial score (nSPS) is 13.7. The first kappa shape index (κ1) is 35.9. The molecule has 0 aliphatic carbocycles. The van der Waals surface area contributed by atoms with E-state index in [0.29, 0.717) is 6.42 Å². The van der Waals surface area contributed by atoms with E-state index in [0.717, 1.165) is 0 Å². The molecule has 4 atom stereocenters. The first-order valence-corrected chi connectivity index (χ1v) is 12.9. The van der Waals surface area contributed by atoms with Crippen molar-refractivity contribution in [3.63, 3.8) is 0 Å². The van der Waals surface area contributed by atoms with E-state index >= 15 is 0 Å². The number of carbonyl (C=O) groups is 5. The summed E-state index contributed by atoms with van der Waals surface area (Å²) in [5.74, 6) is -5.08. The van der Waals surface area contributed by atoms with Crippen molar-refractivity contribution in [1.29, 1.82) is 0 Å². The van der Waals surface area contributed by atoms with Crippen LogP contribution in [0.2, 0.25) is 0 Å². The first-order valence-electron chi connectivity index (χ1n) is 12.9. The highest BCUT2D eigenvalue weighted by molar-refractivity contribution is 5.94. The molecule has 0 bridgehead atoms. The number of amides is 3. The van der Waals surface area contributed by atoms with Gasteiger partial charge in [-0.2, -0.15) is 0 Å². The van der Waals surface area contributed by atoms with Crippen LogP contribution in [-0.2, 0) is 24.0 Å². The molecule has 0 aliphatic heterocycles. The van der Waals surface area contributed by atoms with E-state index in [1.807, 2.05) is 13.8 Å². The van der Waals surface area contributed by atoms with Crippen molar-refractivity contribution in [1.82, 2.24) is 16.0 Å². The van der Waals surface area contributed by atoms with Crippen molar-refractivity contribution in [2.75, 3.05) is 13.1 Å². The van der Waals surface area contributed by atoms with Crippen LogP contribution in [0, 0.1) is 5.92 Å². The molecule has 0 fully saturated rings. The van der Waals surface area contributed by atoms with Gasteiger partial charge in [-0.1, -0.05) is 13.8 Å². The number of nitrogens with one attached hydrogen (secondary N) is 3. The summed E-state index contributed by atoms with van der Waals surface area (Å²) in [4.78, 5) is 69.2. The molecule has 40 heavy (non-hydrogen) atoms. The van der Waals surface area contributed by atoms with Crippen LogP contribution in [0.5, 0.6) is 0 Å². The number of hydrogen-bond donors (Lipinski definition) is 10. The number of nitrogens with zero attached hydrogens (tertiary/aromatic N) is 2. The van der Waals surface area contributed by atoms with E-state index in [-0.39, 0.29) is 63.0 Å². The van der Waals surface area contributed by atoms with Crippen molar-refractivity contribution in [3.8, 4) is 0 Å². The molecule has 0 aromatic rings. The third-order valence-electron chi connectivity index (χ3n) is 5.48. The Labute approximate surface area is 232 Å². The van der Waals surface area contributed by atoms with Gasteiger partial charge in [-0.15, -0.1) is 0 Å². The molecule has 17 heteroatoms. The minimum Gasteiger partial charge on any atom is -0.481 e. The fourth-order valence-electron chi connectivity index (χ4n) is 3.51. The number of rotatable bonds is 20. The molecular weight excluding hydrogens is 528 g/mol. The molecular formula is C23H44N10O7. The minimum atomic E-state index is -1.41. The van der Waals surface area contributed by atoms with Gasteiger partial charge in [0.15, 0.2) is 11.9 Å². The molecule has 0 aromatic carbocycles. The van der Waals surface area contributed by atoms with Gasteiger partial charge in [-0.25, -0.2) is 4.79 Å². The van der Waals surface area contributed by atoms with Crippen LogP contribution >= 0.6 is 0 Å². The summed E-state index contributed by atoms with van der Waals surface area (Å²) >= 11 is 0. The largest absolute Gasteiger partial charge is 0.481 e. The zero-order valence-electron chi connectivity index (χ0n) is 23.0. The van der Waals surface area contributed by atoms with Crippen LogP contribution in [0.15, 0.2) is 9.98 Å². The molecule has 0 saturated heterocycles. The molecule has 4 unspecified atom stereocenters. The van der Waals surface area contributed by atoms with Gasteiger partial charge >= 0.3 is 11.9 Å². The first-order chi connectivity index (χ1) is 18.6. The summed E-state index contributed by atoms with van der Waals surface area (Å²) in [6.07, 6.45) is 0.0569. The fourth-order valence-corrected chi connectivity index (χ4v) is 3.51. The molecule has 3 amide bonds. The maximum absolute atomic E-state index is 13.2. The number of aliphatic carboxylic acids is 2. The quantitative estimate of drug-likeness (QED) is 0.0393. The number of hydrogen-bond acceptors (Lipinski definition) is 8. The van der Waals surface area contributed by atoms with E-state index in [2.05, 4.69) is 25.9 Å². The van der Waals surface area contributed by atoms with Gasteiger partial charge in [0, 0.05) is 19.5 Å². The lowest BCUT2D eigenvalue weighted by Crippen LogP contribution is -2.57. The molecule has 0 spiro atoms. The predicted molar refractivity (Wildman–Crippen MR) is 148 cm³/mol. The zero-order chi connectivity index (χ0) is 30.8. The average molecular weight is 573 g/mol. The van der Waals surface area contributed by atoms with Gasteiger partial charge in [0.25, 0.3) is 0 Å². The molecule has 0 radical (unpaired) electrons. The number of aliphatic imine (C=N–C) groups is 2. The monoisotopic (exact) mass is 572 g/mol. The van der Waals surface area contributed by atoms with Gasteiger partial charge in [0.05, 0.1) is 6.04 Å². The van der Waals surface area contributed by atoms with E-state index in [9.17, 15) is 29.1 Å². The lowest BCUT2D eigenvalue weighted by Gasteiger charge is -2.25. The number of nitrogens with two attached hydrogens (primary N) is 5. The summed E-state index contributed by atoms with van der Waals surface area (Å²) in [6.45, 7) is 4.04. The van der Waals surface area contributed by atoms with Crippen LogP contribution in [0.25, 0.3) is 0 Å². The number of carbonyl (C=O) groups excluding carboxylic acids is 3. The Bertz CT molecular complexity index is 918. The Hall–Kier alpha value is -4.15. The Morgan fingerprint density at radius 3 is 1.55 bits per heavy atom. The highest BCUT2D eigenvalue weighted by atomic mass is 16.4. The minimum absolute atomic E-state index is 0.0331. The van der Waals surface area contributed by atoms with Crippen LogP contribution in [0.4, 0.5) is 0 Å². The van der Waals surface area contributed by atoms with E-state index in [4.69, 9.17) is 33.8 Å². The second-order valence-electron chi connectivity index (χ2n) is 9.59. The Morgan fingerprint density at radius 1 is 0.700 bits per heavy atom. The molecule has 0 saturated carbocycles. The second-order valence-corrected chi connectivity index (χ2v) is 9.59. The maximum atomic E-state index is 13.2. The topological polar surface area (TPSA) is 317 Å². The SMILES string of the molecule is CC(C)CC(N)C(=O)NC(CCCN=C(N)N)C(=O)NC(CCC(=O)O)C(=O)NC(CCCN=C(N)N)C(=O)O. The van der Waals surface area contributed by atoms with Gasteiger partial charge in [0.2, 0.25) is 17.7 Å². The average Bonchev–Trinajstić information content (AvgIpc) is 2.83. The highest BCUT2D eigenvalue weighted by Crippen LogP contribution is 2.07. The van der Waals surface area contributed by atoms with Crippen LogP contribution in [0.3, 0.4) is 0 Å². The van der Waals surface area contributed by atoms with Crippen LogP contribution < -0.4 is 44.6 Å². The fraction of sp³-hybridized carbons (Fsp3) is 0.696. The van der Waals surface area contributed by atoms with Crippen molar-refractivity contribution < 1.29 is 34.2 Å². The summed E-state index contributed by atoms with van der Waals surface area (Å²) in [7, 11) is 0. The summed E-state index contributed by atoms with van der Waals surface area (Å²) in [6, 6.07) is -4.82. The lowest BCUT2D eigenvalue weighted by molar-refractivity contribution is -0.143. The second kappa shape index (κ2) is 19.0. The predicted octanol–water partition coefficient (Wildman–Crippen LogP) is -3.13. The van der Waals surface area contributed by atoms with Crippen LogP contribution in [0.1, 0.15) is 58.8 Å². The van der Waals surface area contributed by atoms with Gasteiger partial charge in [0.1, 0.15) is 18.1 Å². The molecule has 17 nitrogen and oxygen atoms in total. The van der Waals surface area contributed by atoms with Crippen molar-refractivity contribution in [2.24, 2.45) is 44.6 Å². The highest BCUT2D eigenvalue weighted by Gasteiger charge is 2.30. The Balaban J connectivity index is 5.68. The van der Waals surface area contributed by atoms with Crippen molar-refractivity contribution in [2.45, 2.75) is 83.0 Å². The van der Waals surface area contributed by atoms with Gasteiger partial charge in [-0.05, 0) is 44.4 Å². The Kier molecular flexibility index (Phi) is 17.0. The summed E-state index contributed by atoms with van der Waals surface area (Å²) in [5, 5.41) is 25.9. The van der Waals surface area contributed by atoms with E-state index < -0.39 is 60.2 Å². The zero-order valence-corrected chi connectivity index (χ0v) is 23.0. The molecule has 0 rings (SSSR count). The molecule has 228 valence electrons. The number of carboxylic acid groups (broad SMARTS) is 2. The number of guanidine groups is 2. The number of carboxylic acids is 2. The Morgan fingerprint density at radius 2 is 1.12 bits per heavy atom. The van der Waals surface area contributed by atoms with Gasteiger partial charge < -0.3 is 54.8 Å². The van der Waals surface area contributed by atoms with Crippen molar-refractivity contribution in [3.05, 3.63) is 0 Å². The third kappa shape index (κ3) is 16.6. The summed E-state index contributed by atoms with van der Waals surface area (Å²) < 4.78 is 0. The van der Waals surface area contributed by atoms with Crippen molar-refractivity contribution >= 4 is 41.6 Å². The molecule has 0 aliphatic rings. The standard InChI is InChI=1S/C23H44N10O7/c1-12(2)11-13(24)18(36)31-14(5-3-9-29-22(25)26)19(37)32-15(7-8-17(34)35)20(38)33-16(21(39)40)6-4-10-30-23(27)28/h12-16H,3-11,24H2,1-2H3,(H,31,36)(H,32,37)(H,33,38)(H,34,35)(H,39,40)(H4,25,26,29)(H4,27,28,30). The molecule has 15 N–H and O–H groups in total. The van der Waals surface area contributed by atoms with E-state index in [1.54, 1.807) is 0 Å². The third-order valence-corrected chi connectivity index (χ3v) is 5.48. The molecule has 0 aromatic heterocycles. The lowest BCUT2D eigenvalue weighted by atomic mass is 10.0. The maximum Gasteiger partial charge on any atom is 0.326 e. The molecule has 0 heterocycles. The summed E-state index contributed by atoms with van der Waals surface area (Å²) in [5.41, 5.74) is 27.0. The van der Waals surface area contributed by atoms with E-state index in [1.165, 1.54) is 0 Å².